The lowest BCUT2D eigenvalue weighted by molar-refractivity contribution is -0.137. The van der Waals surface area contributed by atoms with Crippen molar-refractivity contribution in [3.05, 3.63) is 17.8 Å². The first-order valence-electron chi connectivity index (χ1n) is 6.11. The van der Waals surface area contributed by atoms with Crippen LogP contribution in [0.15, 0.2) is 10.6 Å². The molecule has 1 atom stereocenters. The number of hydrogen-bond donors (Lipinski definition) is 1. The zero-order valence-electron chi connectivity index (χ0n) is 10.1. The molecule has 0 aliphatic carbocycles. The average molecular weight is 238 g/mol. The van der Waals surface area contributed by atoms with E-state index in [4.69, 9.17) is 9.52 Å². The fourth-order valence-corrected chi connectivity index (χ4v) is 2.31. The quantitative estimate of drug-likeness (QED) is 0.848. The van der Waals surface area contributed by atoms with Crippen molar-refractivity contribution in [2.45, 2.75) is 38.6 Å². The minimum absolute atomic E-state index is 0.0940. The number of aromatic nitrogens is 1. The fourth-order valence-electron chi connectivity index (χ4n) is 2.31. The lowest BCUT2D eigenvalue weighted by Gasteiger charge is -2.19. The summed E-state index contributed by atoms with van der Waals surface area (Å²) in [6, 6.07) is 0.276. The summed E-state index contributed by atoms with van der Waals surface area (Å²) in [6.45, 7) is 4.22. The molecule has 0 saturated carbocycles. The van der Waals surface area contributed by atoms with Gasteiger partial charge in [0.25, 0.3) is 0 Å². The molecule has 1 aromatic heterocycles. The van der Waals surface area contributed by atoms with Crippen molar-refractivity contribution >= 4 is 5.97 Å². The maximum absolute atomic E-state index is 10.5. The van der Waals surface area contributed by atoms with E-state index in [1.54, 1.807) is 6.20 Å². The normalized spacial score (nSPS) is 20.9. The van der Waals surface area contributed by atoms with Gasteiger partial charge in [-0.15, -0.1) is 0 Å². The molecule has 1 saturated heterocycles. The van der Waals surface area contributed by atoms with Crippen LogP contribution in [0.5, 0.6) is 0 Å². The Bertz CT molecular complexity index is 389. The molecule has 17 heavy (non-hydrogen) atoms. The Balaban J connectivity index is 1.99. The number of rotatable bonds is 5. The second-order valence-electron chi connectivity index (χ2n) is 4.35. The highest BCUT2D eigenvalue weighted by molar-refractivity contribution is 5.66. The molecule has 0 radical (unpaired) electrons. The SMILES string of the molecule is CCN1CCCC1c1ncc(CCC(=O)O)o1. The highest BCUT2D eigenvalue weighted by Gasteiger charge is 2.28. The van der Waals surface area contributed by atoms with Crippen molar-refractivity contribution in [3.63, 3.8) is 0 Å². The van der Waals surface area contributed by atoms with Crippen molar-refractivity contribution in [1.82, 2.24) is 9.88 Å². The Hall–Kier alpha value is -1.36. The van der Waals surface area contributed by atoms with Crippen LogP contribution in [0.25, 0.3) is 0 Å². The molecule has 2 heterocycles. The number of carboxylic acids is 1. The molecule has 1 aliphatic heterocycles. The highest BCUT2D eigenvalue weighted by atomic mass is 16.4. The van der Waals surface area contributed by atoms with Gasteiger partial charge in [0.1, 0.15) is 5.76 Å². The first-order valence-corrected chi connectivity index (χ1v) is 6.11. The molecule has 5 heteroatoms. The number of nitrogens with zero attached hydrogens (tertiary/aromatic N) is 2. The van der Waals surface area contributed by atoms with Gasteiger partial charge < -0.3 is 9.52 Å². The van der Waals surface area contributed by atoms with E-state index in [-0.39, 0.29) is 12.5 Å². The monoisotopic (exact) mass is 238 g/mol. The molecule has 5 nitrogen and oxygen atoms in total. The van der Waals surface area contributed by atoms with Gasteiger partial charge in [-0.2, -0.15) is 0 Å². The summed E-state index contributed by atoms with van der Waals surface area (Å²) in [5.41, 5.74) is 0. The number of carbonyl (C=O) groups is 1. The number of oxazole rings is 1. The summed E-state index contributed by atoms with van der Waals surface area (Å²) in [7, 11) is 0. The number of hydrogen-bond acceptors (Lipinski definition) is 4. The van der Waals surface area contributed by atoms with Gasteiger partial charge in [0.2, 0.25) is 5.89 Å². The van der Waals surface area contributed by atoms with E-state index in [2.05, 4.69) is 16.8 Å². The summed E-state index contributed by atoms with van der Waals surface area (Å²) in [5.74, 6) is 0.606. The molecule has 0 amide bonds. The van der Waals surface area contributed by atoms with Crippen LogP contribution in [-0.2, 0) is 11.2 Å². The van der Waals surface area contributed by atoms with E-state index >= 15 is 0 Å². The van der Waals surface area contributed by atoms with E-state index in [0.29, 0.717) is 12.2 Å². The van der Waals surface area contributed by atoms with Crippen molar-refractivity contribution in [2.75, 3.05) is 13.1 Å². The third-order valence-corrected chi connectivity index (χ3v) is 3.21. The first kappa shape index (κ1) is 12.1. The lowest BCUT2D eigenvalue weighted by atomic mass is 10.2. The summed E-state index contributed by atoms with van der Waals surface area (Å²) >= 11 is 0. The van der Waals surface area contributed by atoms with Crippen molar-refractivity contribution in [1.29, 1.82) is 0 Å². The third kappa shape index (κ3) is 2.85. The minimum atomic E-state index is -0.806. The smallest absolute Gasteiger partial charge is 0.303 e. The van der Waals surface area contributed by atoms with E-state index < -0.39 is 5.97 Å². The second-order valence-corrected chi connectivity index (χ2v) is 4.35. The maximum Gasteiger partial charge on any atom is 0.303 e. The van der Waals surface area contributed by atoms with Crippen molar-refractivity contribution in [3.8, 4) is 0 Å². The van der Waals surface area contributed by atoms with Gasteiger partial charge >= 0.3 is 5.97 Å². The fraction of sp³-hybridized carbons (Fsp3) is 0.667. The molecule has 0 bridgehead atoms. The van der Waals surface area contributed by atoms with E-state index in [1.807, 2.05) is 0 Å². The number of aryl methyl sites for hydroxylation is 1. The predicted molar refractivity (Wildman–Crippen MR) is 61.7 cm³/mol. The first-order chi connectivity index (χ1) is 8.20. The summed E-state index contributed by atoms with van der Waals surface area (Å²) in [4.78, 5) is 17.1. The summed E-state index contributed by atoms with van der Waals surface area (Å²) < 4.78 is 5.63. The summed E-state index contributed by atoms with van der Waals surface area (Å²) in [6.07, 6.45) is 4.42. The Morgan fingerprint density at radius 2 is 2.53 bits per heavy atom. The molecule has 1 aromatic rings. The van der Waals surface area contributed by atoms with Gasteiger partial charge in [0.15, 0.2) is 0 Å². The summed E-state index contributed by atoms with van der Waals surface area (Å²) in [5, 5.41) is 8.60. The van der Waals surface area contributed by atoms with Gasteiger partial charge in [-0.1, -0.05) is 6.92 Å². The zero-order valence-corrected chi connectivity index (χ0v) is 10.1. The van der Waals surface area contributed by atoms with Crippen LogP contribution in [0, 0.1) is 0 Å². The Morgan fingerprint density at radius 1 is 1.71 bits per heavy atom. The Kier molecular flexibility index (Phi) is 3.78. The van der Waals surface area contributed by atoms with Gasteiger partial charge in [0, 0.05) is 6.42 Å². The van der Waals surface area contributed by atoms with Gasteiger partial charge in [-0.3, -0.25) is 9.69 Å². The molecule has 1 N–H and O–H groups in total. The maximum atomic E-state index is 10.5. The average Bonchev–Trinajstić information content (AvgIpc) is 2.94. The zero-order chi connectivity index (χ0) is 12.3. The number of aliphatic carboxylic acids is 1. The van der Waals surface area contributed by atoms with Crippen LogP contribution in [0.1, 0.15) is 43.9 Å². The number of likely N-dealkylation sites (tertiary alicyclic amines) is 1. The van der Waals surface area contributed by atoms with Crippen LogP contribution in [0.2, 0.25) is 0 Å². The topological polar surface area (TPSA) is 66.6 Å². The highest BCUT2D eigenvalue weighted by Crippen LogP contribution is 2.31. The largest absolute Gasteiger partial charge is 0.481 e. The van der Waals surface area contributed by atoms with Crippen molar-refractivity contribution < 1.29 is 14.3 Å². The molecular formula is C12H18N2O3. The second kappa shape index (κ2) is 5.31. The third-order valence-electron chi connectivity index (χ3n) is 3.21. The molecular weight excluding hydrogens is 220 g/mol. The van der Waals surface area contributed by atoms with E-state index in [1.165, 1.54) is 6.42 Å². The van der Waals surface area contributed by atoms with Gasteiger partial charge in [-0.25, -0.2) is 4.98 Å². The lowest BCUT2D eigenvalue weighted by Crippen LogP contribution is -2.22. The van der Waals surface area contributed by atoms with Crippen LogP contribution >= 0.6 is 0 Å². The Labute approximate surface area is 100 Å². The molecule has 1 unspecified atom stereocenters. The molecule has 2 rings (SSSR count). The molecule has 94 valence electrons. The molecule has 1 fully saturated rings. The predicted octanol–water partition coefficient (Wildman–Crippen LogP) is 1.85. The van der Waals surface area contributed by atoms with E-state index in [9.17, 15) is 4.79 Å². The van der Waals surface area contributed by atoms with E-state index in [0.717, 1.165) is 25.4 Å². The van der Waals surface area contributed by atoms with Crippen LogP contribution < -0.4 is 0 Å². The molecule has 1 aliphatic rings. The number of carboxylic acid groups (broad SMARTS) is 1. The van der Waals surface area contributed by atoms with Gasteiger partial charge in [-0.05, 0) is 25.9 Å². The van der Waals surface area contributed by atoms with Crippen LogP contribution in [0.3, 0.4) is 0 Å². The minimum Gasteiger partial charge on any atom is -0.481 e. The Morgan fingerprint density at radius 3 is 3.24 bits per heavy atom. The molecule has 0 spiro atoms. The molecule has 0 aromatic carbocycles. The standard InChI is InChI=1S/C12H18N2O3/c1-2-14-7-3-4-10(14)12-13-8-9(17-12)5-6-11(15)16/h8,10H,2-7H2,1H3,(H,15,16). The van der Waals surface area contributed by atoms with Crippen LogP contribution in [0.4, 0.5) is 0 Å². The van der Waals surface area contributed by atoms with Crippen LogP contribution in [-0.4, -0.2) is 34.0 Å². The van der Waals surface area contributed by atoms with Gasteiger partial charge in [0.05, 0.1) is 18.7 Å². The van der Waals surface area contributed by atoms with Crippen molar-refractivity contribution in [2.24, 2.45) is 0 Å².